The van der Waals surface area contributed by atoms with Crippen LogP contribution in [0, 0.1) is 5.82 Å². The quantitative estimate of drug-likeness (QED) is 0.846. The molecular formula is C10H13FN2O2S. The van der Waals surface area contributed by atoms with Gasteiger partial charge >= 0.3 is 0 Å². The third kappa shape index (κ3) is 2.17. The Hall–Kier alpha value is -1.14. The number of sulfonamides is 1. The zero-order chi connectivity index (χ0) is 11.8. The lowest BCUT2D eigenvalue weighted by atomic mass is 10.3. The summed E-state index contributed by atoms with van der Waals surface area (Å²) in [5.74, 6) is -0.408. The highest BCUT2D eigenvalue weighted by atomic mass is 32.2. The van der Waals surface area contributed by atoms with Crippen LogP contribution in [0.5, 0.6) is 0 Å². The maximum Gasteiger partial charge on any atom is 0.238 e. The predicted octanol–water partition coefficient (Wildman–Crippen LogP) is 1.07. The van der Waals surface area contributed by atoms with Crippen LogP contribution < -0.4 is 10.0 Å². The maximum atomic E-state index is 13.5. The first-order valence-corrected chi connectivity index (χ1v) is 6.60. The smallest absolute Gasteiger partial charge is 0.238 e. The van der Waals surface area contributed by atoms with E-state index < -0.39 is 15.8 Å². The molecule has 1 fully saturated rings. The van der Waals surface area contributed by atoms with Crippen molar-refractivity contribution >= 4 is 15.7 Å². The average Bonchev–Trinajstić information content (AvgIpc) is 2.69. The van der Waals surface area contributed by atoms with Crippen LogP contribution in [0.1, 0.15) is 12.8 Å². The lowest BCUT2D eigenvalue weighted by molar-refractivity contribution is 0.596. The van der Waals surface area contributed by atoms with Crippen LogP contribution in [-0.2, 0) is 10.0 Å². The third-order valence-electron chi connectivity index (χ3n) is 2.69. The second kappa shape index (κ2) is 4.03. The number of hydrogen-bond donors (Lipinski definition) is 1. The fraction of sp³-hybridized carbons (Fsp3) is 0.400. The Bertz CT molecular complexity index is 496. The summed E-state index contributed by atoms with van der Waals surface area (Å²) in [5.41, 5.74) is 0.323. The van der Waals surface area contributed by atoms with Gasteiger partial charge in [-0.25, -0.2) is 17.9 Å². The molecule has 0 atom stereocenters. The van der Waals surface area contributed by atoms with Gasteiger partial charge in [0.2, 0.25) is 10.0 Å². The van der Waals surface area contributed by atoms with Gasteiger partial charge in [-0.2, -0.15) is 0 Å². The molecule has 0 radical (unpaired) electrons. The minimum Gasteiger partial charge on any atom is -0.369 e. The normalized spacial score (nSPS) is 16.8. The third-order valence-corrected chi connectivity index (χ3v) is 3.60. The molecule has 2 rings (SSSR count). The van der Waals surface area contributed by atoms with E-state index >= 15 is 0 Å². The Kier molecular flexibility index (Phi) is 2.86. The van der Waals surface area contributed by atoms with Crippen molar-refractivity contribution in [2.75, 3.05) is 18.0 Å². The highest BCUT2D eigenvalue weighted by Crippen LogP contribution is 2.25. The molecule has 88 valence electrons. The van der Waals surface area contributed by atoms with Crippen LogP contribution >= 0.6 is 0 Å². The molecule has 1 heterocycles. The molecule has 0 unspecified atom stereocenters. The van der Waals surface area contributed by atoms with Crippen molar-refractivity contribution in [1.29, 1.82) is 0 Å². The second-order valence-electron chi connectivity index (χ2n) is 3.85. The van der Waals surface area contributed by atoms with Gasteiger partial charge in [0.05, 0.1) is 10.6 Å². The van der Waals surface area contributed by atoms with Crippen LogP contribution in [0.25, 0.3) is 0 Å². The number of hydrogen-bond acceptors (Lipinski definition) is 3. The van der Waals surface area contributed by atoms with E-state index in [0.29, 0.717) is 5.69 Å². The van der Waals surface area contributed by atoms with E-state index in [0.717, 1.165) is 32.0 Å². The summed E-state index contributed by atoms with van der Waals surface area (Å²) in [6, 6.07) is 3.63. The van der Waals surface area contributed by atoms with E-state index in [-0.39, 0.29) is 4.90 Å². The molecule has 16 heavy (non-hydrogen) atoms. The molecule has 1 aliphatic rings. The lowest BCUT2D eigenvalue weighted by Crippen LogP contribution is -2.20. The molecule has 1 aromatic rings. The van der Waals surface area contributed by atoms with Crippen LogP contribution in [-0.4, -0.2) is 21.5 Å². The number of benzene rings is 1. The summed E-state index contributed by atoms with van der Waals surface area (Å²) in [6.07, 6.45) is 2.00. The summed E-state index contributed by atoms with van der Waals surface area (Å²) in [7, 11) is -3.76. The monoisotopic (exact) mass is 244 g/mol. The predicted molar refractivity (Wildman–Crippen MR) is 59.2 cm³/mol. The Morgan fingerprint density at radius 3 is 2.44 bits per heavy atom. The maximum absolute atomic E-state index is 13.5. The molecule has 0 amide bonds. The molecule has 1 aliphatic heterocycles. The minimum absolute atomic E-state index is 0.0456. The Morgan fingerprint density at radius 1 is 1.25 bits per heavy atom. The fourth-order valence-corrected chi connectivity index (χ4v) is 2.40. The summed E-state index contributed by atoms with van der Waals surface area (Å²) >= 11 is 0. The van der Waals surface area contributed by atoms with E-state index in [2.05, 4.69) is 0 Å². The van der Waals surface area contributed by atoms with Crippen LogP contribution in [0.2, 0.25) is 0 Å². The van der Waals surface area contributed by atoms with Gasteiger partial charge in [0.25, 0.3) is 0 Å². The topological polar surface area (TPSA) is 63.4 Å². The van der Waals surface area contributed by atoms with Gasteiger partial charge in [0.1, 0.15) is 5.82 Å². The molecule has 0 bridgehead atoms. The van der Waals surface area contributed by atoms with Crippen LogP contribution in [0.15, 0.2) is 23.1 Å². The SMILES string of the molecule is NS(=O)(=O)c1ccc(F)c(N2CCCC2)c1. The van der Waals surface area contributed by atoms with Crippen molar-refractivity contribution in [3.05, 3.63) is 24.0 Å². The number of rotatable bonds is 2. The van der Waals surface area contributed by atoms with Gasteiger partial charge in [-0.1, -0.05) is 0 Å². The molecule has 0 saturated carbocycles. The highest BCUT2D eigenvalue weighted by Gasteiger charge is 2.18. The largest absolute Gasteiger partial charge is 0.369 e. The van der Waals surface area contributed by atoms with Gasteiger partial charge in [0.15, 0.2) is 0 Å². The van der Waals surface area contributed by atoms with Crippen molar-refractivity contribution in [2.24, 2.45) is 5.14 Å². The van der Waals surface area contributed by atoms with Gasteiger partial charge in [-0.3, -0.25) is 0 Å². The number of anilines is 1. The number of halogens is 1. The molecule has 0 aliphatic carbocycles. The molecule has 0 spiro atoms. The Morgan fingerprint density at radius 2 is 1.88 bits per heavy atom. The van der Waals surface area contributed by atoms with E-state index in [4.69, 9.17) is 5.14 Å². The van der Waals surface area contributed by atoms with E-state index in [9.17, 15) is 12.8 Å². The molecular weight excluding hydrogens is 231 g/mol. The Balaban J connectivity index is 2.44. The minimum atomic E-state index is -3.76. The van der Waals surface area contributed by atoms with Crippen molar-refractivity contribution in [1.82, 2.24) is 0 Å². The highest BCUT2D eigenvalue weighted by molar-refractivity contribution is 7.89. The average molecular weight is 244 g/mol. The molecule has 1 saturated heterocycles. The van der Waals surface area contributed by atoms with Gasteiger partial charge in [-0.15, -0.1) is 0 Å². The van der Waals surface area contributed by atoms with Crippen molar-refractivity contribution < 1.29 is 12.8 Å². The van der Waals surface area contributed by atoms with Crippen molar-refractivity contribution in [2.45, 2.75) is 17.7 Å². The van der Waals surface area contributed by atoms with Gasteiger partial charge in [-0.05, 0) is 31.0 Å². The first kappa shape index (κ1) is 11.3. The molecule has 6 heteroatoms. The number of primary sulfonamides is 1. The van der Waals surface area contributed by atoms with Crippen molar-refractivity contribution in [3.8, 4) is 0 Å². The fourth-order valence-electron chi connectivity index (χ4n) is 1.87. The van der Waals surface area contributed by atoms with E-state index in [1.54, 1.807) is 0 Å². The molecule has 2 N–H and O–H groups in total. The molecule has 1 aromatic carbocycles. The summed E-state index contributed by atoms with van der Waals surface area (Å²) in [4.78, 5) is 1.79. The van der Waals surface area contributed by atoms with Crippen LogP contribution in [0.4, 0.5) is 10.1 Å². The van der Waals surface area contributed by atoms with E-state index in [1.807, 2.05) is 4.90 Å². The number of nitrogens with zero attached hydrogens (tertiary/aromatic N) is 1. The zero-order valence-electron chi connectivity index (χ0n) is 8.69. The molecule has 0 aromatic heterocycles. The summed E-state index contributed by atoms with van der Waals surface area (Å²) in [5, 5.41) is 5.01. The lowest BCUT2D eigenvalue weighted by Gasteiger charge is -2.18. The first-order valence-electron chi connectivity index (χ1n) is 5.06. The first-order chi connectivity index (χ1) is 7.48. The Labute approximate surface area is 93.9 Å². The summed E-state index contributed by atoms with van der Waals surface area (Å²) < 4.78 is 35.8. The summed E-state index contributed by atoms with van der Waals surface area (Å²) in [6.45, 7) is 1.51. The molecule has 4 nitrogen and oxygen atoms in total. The van der Waals surface area contributed by atoms with Crippen molar-refractivity contribution in [3.63, 3.8) is 0 Å². The zero-order valence-corrected chi connectivity index (χ0v) is 9.50. The standard InChI is InChI=1S/C10H13FN2O2S/c11-9-4-3-8(16(12,14)15)7-10(9)13-5-1-2-6-13/h3-4,7H,1-2,5-6H2,(H2,12,14,15). The van der Waals surface area contributed by atoms with Crippen LogP contribution in [0.3, 0.4) is 0 Å². The van der Waals surface area contributed by atoms with E-state index in [1.165, 1.54) is 12.1 Å². The second-order valence-corrected chi connectivity index (χ2v) is 5.41. The number of nitrogens with two attached hydrogens (primary N) is 1. The van der Waals surface area contributed by atoms with Gasteiger partial charge < -0.3 is 4.90 Å². The van der Waals surface area contributed by atoms with Gasteiger partial charge in [0, 0.05) is 13.1 Å².